The maximum absolute atomic E-state index is 11.6. The van der Waals surface area contributed by atoms with E-state index in [2.05, 4.69) is 35.9 Å². The maximum Gasteiger partial charge on any atom is 0.339 e. The van der Waals surface area contributed by atoms with Crippen LogP contribution in [-0.2, 0) is 0 Å². The summed E-state index contributed by atoms with van der Waals surface area (Å²) < 4.78 is 0. The molecule has 1 saturated heterocycles. The summed E-state index contributed by atoms with van der Waals surface area (Å²) in [6.07, 6.45) is 1.17. The van der Waals surface area contributed by atoms with Crippen LogP contribution in [0.3, 0.4) is 0 Å². The van der Waals surface area contributed by atoms with Crippen LogP contribution in [0, 0.1) is 25.7 Å². The minimum absolute atomic E-state index is 0.278. The van der Waals surface area contributed by atoms with E-state index < -0.39 is 5.97 Å². The van der Waals surface area contributed by atoms with Gasteiger partial charge in [0.25, 0.3) is 0 Å². The number of carboxylic acids is 1. The third-order valence-corrected chi connectivity index (χ3v) is 4.52. The Balaban J connectivity index is 2.51. The lowest BCUT2D eigenvalue weighted by molar-refractivity contribution is 0.0695. The molecule has 2 heterocycles. The highest BCUT2D eigenvalue weighted by Crippen LogP contribution is 2.33. The molecular formula is C15H23N3O2. The molecule has 1 aromatic rings. The van der Waals surface area contributed by atoms with Gasteiger partial charge in [0.15, 0.2) is 5.82 Å². The second-order valence-corrected chi connectivity index (χ2v) is 6.13. The molecule has 5 heteroatoms. The van der Waals surface area contributed by atoms with Crippen molar-refractivity contribution in [3.8, 4) is 0 Å². The number of hydrogen-bond donors (Lipinski definition) is 1. The number of aryl methyl sites for hydroxylation is 1. The number of carbonyl (C=O) groups is 1. The fourth-order valence-corrected chi connectivity index (χ4v) is 3.05. The normalized spacial score (nSPS) is 26.6. The quantitative estimate of drug-likeness (QED) is 0.900. The van der Waals surface area contributed by atoms with E-state index in [-0.39, 0.29) is 6.04 Å². The minimum atomic E-state index is -0.923. The van der Waals surface area contributed by atoms with E-state index in [1.165, 1.54) is 6.42 Å². The van der Waals surface area contributed by atoms with Crippen LogP contribution in [0.5, 0.6) is 0 Å². The van der Waals surface area contributed by atoms with Crippen molar-refractivity contribution in [2.45, 2.75) is 47.1 Å². The maximum atomic E-state index is 11.6. The van der Waals surface area contributed by atoms with Crippen LogP contribution in [0.2, 0.25) is 0 Å². The van der Waals surface area contributed by atoms with Crippen molar-refractivity contribution < 1.29 is 9.90 Å². The summed E-state index contributed by atoms with van der Waals surface area (Å²) in [5.41, 5.74) is 1.68. The molecule has 0 aliphatic carbocycles. The first-order chi connectivity index (χ1) is 9.32. The van der Waals surface area contributed by atoms with Gasteiger partial charge in [0.1, 0.15) is 5.56 Å². The first-order valence-electron chi connectivity index (χ1n) is 7.16. The van der Waals surface area contributed by atoms with Gasteiger partial charge in [-0.05, 0) is 44.6 Å². The number of aromatic carboxylic acids is 1. The van der Waals surface area contributed by atoms with Crippen LogP contribution >= 0.6 is 0 Å². The summed E-state index contributed by atoms with van der Waals surface area (Å²) in [5.74, 6) is 0.648. The summed E-state index contributed by atoms with van der Waals surface area (Å²) in [4.78, 5) is 13.7. The molecule has 110 valence electrons. The van der Waals surface area contributed by atoms with Gasteiger partial charge in [-0.1, -0.05) is 13.8 Å². The fourth-order valence-electron chi connectivity index (χ4n) is 3.05. The fraction of sp³-hybridized carbons (Fsp3) is 0.667. The van der Waals surface area contributed by atoms with Crippen molar-refractivity contribution in [1.82, 2.24) is 10.2 Å². The van der Waals surface area contributed by atoms with Gasteiger partial charge in [-0.2, -0.15) is 5.10 Å². The Morgan fingerprint density at radius 1 is 1.25 bits per heavy atom. The smallest absolute Gasteiger partial charge is 0.339 e. The lowest BCUT2D eigenvalue weighted by Gasteiger charge is -2.42. The van der Waals surface area contributed by atoms with Crippen LogP contribution in [-0.4, -0.2) is 33.9 Å². The highest BCUT2D eigenvalue weighted by molar-refractivity contribution is 5.95. The molecule has 1 aliphatic rings. The topological polar surface area (TPSA) is 66.3 Å². The van der Waals surface area contributed by atoms with Gasteiger partial charge in [-0.15, -0.1) is 5.10 Å². The number of rotatable bonds is 2. The number of nitrogens with zero attached hydrogens (tertiary/aromatic N) is 3. The first-order valence-corrected chi connectivity index (χ1v) is 7.16. The number of anilines is 1. The molecule has 0 bridgehead atoms. The second kappa shape index (κ2) is 5.38. The van der Waals surface area contributed by atoms with Gasteiger partial charge < -0.3 is 10.0 Å². The highest BCUT2D eigenvalue weighted by Gasteiger charge is 2.33. The van der Waals surface area contributed by atoms with Gasteiger partial charge >= 0.3 is 5.97 Å². The van der Waals surface area contributed by atoms with E-state index in [1.807, 2.05) is 0 Å². The average molecular weight is 277 g/mol. The Labute approximate surface area is 120 Å². The molecule has 0 radical (unpaired) electrons. The number of aromatic nitrogens is 2. The Bertz CT molecular complexity index is 530. The first kappa shape index (κ1) is 14.8. The Morgan fingerprint density at radius 3 is 2.50 bits per heavy atom. The zero-order valence-corrected chi connectivity index (χ0v) is 12.8. The van der Waals surface area contributed by atoms with E-state index in [0.29, 0.717) is 34.5 Å². The predicted molar refractivity (Wildman–Crippen MR) is 78.2 cm³/mol. The molecule has 3 atom stereocenters. The lowest BCUT2D eigenvalue weighted by atomic mass is 9.85. The zero-order chi connectivity index (χ0) is 15.0. The average Bonchev–Trinajstić information content (AvgIpc) is 2.36. The zero-order valence-electron chi connectivity index (χ0n) is 12.8. The predicted octanol–water partition coefficient (Wildman–Crippen LogP) is 2.66. The van der Waals surface area contributed by atoms with E-state index in [4.69, 9.17) is 0 Å². The molecular weight excluding hydrogens is 254 g/mol. The van der Waals surface area contributed by atoms with E-state index >= 15 is 0 Å². The van der Waals surface area contributed by atoms with Crippen LogP contribution < -0.4 is 4.90 Å². The summed E-state index contributed by atoms with van der Waals surface area (Å²) in [7, 11) is 0. The molecule has 0 amide bonds. The minimum Gasteiger partial charge on any atom is -0.478 e. The molecule has 20 heavy (non-hydrogen) atoms. The van der Waals surface area contributed by atoms with E-state index in [1.54, 1.807) is 13.8 Å². The standard InChI is InChI=1S/C15H23N3O2/c1-8-6-9(2)12(5)18(7-8)14-13(15(19)20)10(3)11(4)16-17-14/h8-9,12H,6-7H2,1-5H3,(H,19,20). The molecule has 1 N–H and O–H groups in total. The lowest BCUT2D eigenvalue weighted by Crippen LogP contribution is -2.47. The van der Waals surface area contributed by atoms with Gasteiger partial charge in [0.05, 0.1) is 5.69 Å². The second-order valence-electron chi connectivity index (χ2n) is 6.13. The molecule has 1 aliphatic heterocycles. The van der Waals surface area contributed by atoms with Gasteiger partial charge in [-0.25, -0.2) is 4.79 Å². The largest absolute Gasteiger partial charge is 0.478 e. The summed E-state index contributed by atoms with van der Waals surface area (Å²) in [6, 6.07) is 0.278. The molecule has 2 rings (SSSR count). The molecule has 3 unspecified atom stereocenters. The Hall–Kier alpha value is -1.65. The number of piperidine rings is 1. The van der Waals surface area contributed by atoms with E-state index in [0.717, 1.165) is 6.54 Å². The van der Waals surface area contributed by atoms with Crippen molar-refractivity contribution in [3.05, 3.63) is 16.8 Å². The van der Waals surface area contributed by atoms with Crippen molar-refractivity contribution in [1.29, 1.82) is 0 Å². The monoisotopic (exact) mass is 277 g/mol. The van der Waals surface area contributed by atoms with Crippen molar-refractivity contribution in [2.24, 2.45) is 11.8 Å². The highest BCUT2D eigenvalue weighted by atomic mass is 16.4. The van der Waals surface area contributed by atoms with Gasteiger partial charge in [0.2, 0.25) is 0 Å². The molecule has 0 saturated carbocycles. The number of hydrogen-bond acceptors (Lipinski definition) is 4. The Morgan fingerprint density at radius 2 is 1.90 bits per heavy atom. The van der Waals surface area contributed by atoms with Crippen LogP contribution in [0.4, 0.5) is 5.82 Å². The van der Waals surface area contributed by atoms with Gasteiger partial charge in [0, 0.05) is 12.6 Å². The van der Waals surface area contributed by atoms with Crippen LogP contribution in [0.25, 0.3) is 0 Å². The molecule has 5 nitrogen and oxygen atoms in total. The van der Waals surface area contributed by atoms with Crippen LogP contribution in [0.1, 0.15) is 48.8 Å². The molecule has 0 aromatic carbocycles. The van der Waals surface area contributed by atoms with Gasteiger partial charge in [-0.3, -0.25) is 0 Å². The van der Waals surface area contributed by atoms with Crippen molar-refractivity contribution >= 4 is 11.8 Å². The summed E-state index contributed by atoms with van der Waals surface area (Å²) >= 11 is 0. The third kappa shape index (κ3) is 2.49. The van der Waals surface area contributed by atoms with E-state index in [9.17, 15) is 9.90 Å². The SMILES string of the molecule is Cc1nnc(N2CC(C)CC(C)C2C)c(C(=O)O)c1C. The van der Waals surface area contributed by atoms with Crippen LogP contribution in [0.15, 0.2) is 0 Å². The number of carboxylic acid groups (broad SMARTS) is 1. The molecule has 1 aromatic heterocycles. The molecule has 0 spiro atoms. The third-order valence-electron chi connectivity index (χ3n) is 4.52. The summed E-state index contributed by atoms with van der Waals surface area (Å²) in [5, 5.41) is 17.9. The van der Waals surface area contributed by atoms with Crippen molar-refractivity contribution in [3.63, 3.8) is 0 Å². The van der Waals surface area contributed by atoms with Crippen molar-refractivity contribution in [2.75, 3.05) is 11.4 Å². The Kier molecular flexibility index (Phi) is 3.97. The summed E-state index contributed by atoms with van der Waals surface area (Å²) in [6.45, 7) is 11.0. The molecule has 1 fully saturated rings.